The molecular weight excluding hydrogens is 459 g/mol. The Hall–Kier alpha value is -2.97. The molecule has 1 unspecified atom stereocenters. The first-order valence-corrected chi connectivity index (χ1v) is 10.6. The number of anilines is 1. The first-order valence-electron chi connectivity index (χ1n) is 9.88. The number of carbonyl (C=O) groups excluding carboxylic acids is 3. The van der Waals surface area contributed by atoms with Gasteiger partial charge in [0, 0.05) is 10.6 Å². The summed E-state index contributed by atoms with van der Waals surface area (Å²) >= 11 is 11.9. The summed E-state index contributed by atoms with van der Waals surface area (Å²) in [6.07, 6.45) is -1.12. The Labute approximate surface area is 196 Å². The van der Waals surface area contributed by atoms with Crippen molar-refractivity contribution in [3.63, 3.8) is 0 Å². The van der Waals surface area contributed by atoms with E-state index in [1.807, 2.05) is 13.8 Å². The molecule has 0 saturated heterocycles. The fraction of sp³-hybridized carbons (Fsp3) is 0.318. The maximum atomic E-state index is 12.4. The normalized spacial score (nSPS) is 11.3. The van der Waals surface area contributed by atoms with Crippen molar-refractivity contribution in [1.82, 2.24) is 5.32 Å². The monoisotopic (exact) mass is 482 g/mol. The Morgan fingerprint density at radius 1 is 0.969 bits per heavy atom. The average Bonchev–Trinajstić information content (AvgIpc) is 2.76. The molecule has 0 heterocycles. The number of nitrogens with one attached hydrogen (secondary N) is 2. The van der Waals surface area contributed by atoms with Gasteiger partial charge in [-0.1, -0.05) is 23.2 Å². The molecule has 1 atom stereocenters. The standard InChI is InChI=1S/C22H24Cl2N2O6/c1-4-30-18-9-6-14(10-19(18)31-5-2)22(29)25-12-20(27)32-13(3)21(28)26-17-11-15(23)7-8-16(17)24/h6-11,13H,4-5,12H2,1-3H3,(H,25,29)(H,26,28). The number of benzene rings is 2. The molecule has 0 aliphatic carbocycles. The fourth-order valence-electron chi connectivity index (χ4n) is 2.57. The lowest BCUT2D eigenvalue weighted by molar-refractivity contribution is -0.152. The summed E-state index contributed by atoms with van der Waals surface area (Å²) in [5.74, 6) is -0.941. The molecule has 0 saturated carbocycles. The number of rotatable bonds is 10. The van der Waals surface area contributed by atoms with Gasteiger partial charge in [0.25, 0.3) is 11.8 Å². The number of esters is 1. The molecule has 10 heteroatoms. The van der Waals surface area contributed by atoms with Crippen LogP contribution in [-0.2, 0) is 14.3 Å². The van der Waals surface area contributed by atoms with Gasteiger partial charge in [-0.3, -0.25) is 14.4 Å². The Morgan fingerprint density at radius 3 is 2.34 bits per heavy atom. The fourth-order valence-corrected chi connectivity index (χ4v) is 2.90. The van der Waals surface area contributed by atoms with Crippen molar-refractivity contribution in [2.75, 3.05) is 25.1 Å². The van der Waals surface area contributed by atoms with Crippen molar-refractivity contribution in [1.29, 1.82) is 0 Å². The second-order valence-electron chi connectivity index (χ2n) is 6.46. The summed E-state index contributed by atoms with van der Waals surface area (Å²) < 4.78 is 16.0. The Bertz CT molecular complexity index is 983. The van der Waals surface area contributed by atoms with Crippen LogP contribution in [0.5, 0.6) is 11.5 Å². The third-order valence-corrected chi connectivity index (χ3v) is 4.63. The molecule has 0 aromatic heterocycles. The lowest BCUT2D eigenvalue weighted by Crippen LogP contribution is -2.35. The van der Waals surface area contributed by atoms with E-state index in [4.69, 9.17) is 37.4 Å². The third-order valence-electron chi connectivity index (χ3n) is 4.06. The summed E-state index contributed by atoms with van der Waals surface area (Å²) in [6.45, 7) is 5.48. The van der Waals surface area contributed by atoms with E-state index in [0.29, 0.717) is 35.4 Å². The van der Waals surface area contributed by atoms with E-state index in [1.165, 1.54) is 25.1 Å². The van der Waals surface area contributed by atoms with E-state index in [2.05, 4.69) is 10.6 Å². The number of hydrogen-bond donors (Lipinski definition) is 2. The van der Waals surface area contributed by atoms with Crippen LogP contribution in [0, 0.1) is 0 Å². The van der Waals surface area contributed by atoms with Crippen LogP contribution in [0.4, 0.5) is 5.69 Å². The summed E-state index contributed by atoms with van der Waals surface area (Å²) in [5.41, 5.74) is 0.576. The Balaban J connectivity index is 1.90. The second kappa shape index (κ2) is 12.2. The van der Waals surface area contributed by atoms with Gasteiger partial charge in [0.2, 0.25) is 0 Å². The first kappa shape index (κ1) is 25.3. The second-order valence-corrected chi connectivity index (χ2v) is 7.30. The Kier molecular flexibility index (Phi) is 9.61. The zero-order valence-electron chi connectivity index (χ0n) is 17.9. The molecule has 0 aliphatic rings. The van der Waals surface area contributed by atoms with Gasteiger partial charge in [-0.05, 0) is 57.2 Å². The highest BCUT2D eigenvalue weighted by molar-refractivity contribution is 6.35. The largest absolute Gasteiger partial charge is 0.490 e. The van der Waals surface area contributed by atoms with Gasteiger partial charge in [-0.25, -0.2) is 0 Å². The number of amides is 2. The minimum absolute atomic E-state index is 0.283. The molecule has 2 aromatic rings. The molecule has 8 nitrogen and oxygen atoms in total. The van der Waals surface area contributed by atoms with Crippen LogP contribution in [-0.4, -0.2) is 43.6 Å². The minimum Gasteiger partial charge on any atom is -0.490 e. The number of carbonyl (C=O) groups is 3. The van der Waals surface area contributed by atoms with E-state index in [9.17, 15) is 14.4 Å². The highest BCUT2D eigenvalue weighted by atomic mass is 35.5. The molecular formula is C22H24Cl2N2O6. The van der Waals surface area contributed by atoms with Crippen molar-refractivity contribution in [2.24, 2.45) is 0 Å². The molecule has 2 aromatic carbocycles. The van der Waals surface area contributed by atoms with Gasteiger partial charge in [0.15, 0.2) is 17.6 Å². The van der Waals surface area contributed by atoms with Crippen LogP contribution >= 0.6 is 23.2 Å². The van der Waals surface area contributed by atoms with Gasteiger partial charge < -0.3 is 24.8 Å². The van der Waals surface area contributed by atoms with E-state index in [1.54, 1.807) is 18.2 Å². The Morgan fingerprint density at radius 2 is 1.66 bits per heavy atom. The molecule has 32 heavy (non-hydrogen) atoms. The van der Waals surface area contributed by atoms with Crippen LogP contribution < -0.4 is 20.1 Å². The van der Waals surface area contributed by atoms with E-state index in [-0.39, 0.29) is 10.6 Å². The SMILES string of the molecule is CCOc1ccc(C(=O)NCC(=O)OC(C)C(=O)Nc2cc(Cl)ccc2Cl)cc1OCC. The van der Waals surface area contributed by atoms with Crippen molar-refractivity contribution in [2.45, 2.75) is 26.9 Å². The summed E-state index contributed by atoms with van der Waals surface area (Å²) in [5, 5.41) is 5.66. The predicted octanol–water partition coefficient (Wildman–Crippen LogP) is 4.09. The minimum atomic E-state index is -1.12. The molecule has 0 aliphatic heterocycles. The molecule has 0 bridgehead atoms. The predicted molar refractivity (Wildman–Crippen MR) is 122 cm³/mol. The quantitative estimate of drug-likeness (QED) is 0.494. The molecule has 0 spiro atoms. The summed E-state index contributed by atoms with van der Waals surface area (Å²) in [4.78, 5) is 36.7. The lowest BCUT2D eigenvalue weighted by Gasteiger charge is -2.15. The van der Waals surface area contributed by atoms with Gasteiger partial charge in [-0.15, -0.1) is 0 Å². The average molecular weight is 483 g/mol. The van der Waals surface area contributed by atoms with Crippen molar-refractivity contribution in [3.05, 3.63) is 52.0 Å². The molecule has 0 radical (unpaired) electrons. The number of hydrogen-bond acceptors (Lipinski definition) is 6. The van der Waals surface area contributed by atoms with Crippen LogP contribution in [0.2, 0.25) is 10.0 Å². The lowest BCUT2D eigenvalue weighted by atomic mass is 10.2. The van der Waals surface area contributed by atoms with Crippen LogP contribution in [0.25, 0.3) is 0 Å². The molecule has 2 amide bonds. The van der Waals surface area contributed by atoms with Gasteiger partial charge in [-0.2, -0.15) is 0 Å². The maximum absolute atomic E-state index is 12.4. The number of ether oxygens (including phenoxy) is 3. The van der Waals surface area contributed by atoms with Gasteiger partial charge >= 0.3 is 5.97 Å². The topological polar surface area (TPSA) is 103 Å². The van der Waals surface area contributed by atoms with Crippen molar-refractivity contribution in [3.8, 4) is 11.5 Å². The summed E-state index contributed by atoms with van der Waals surface area (Å²) in [6, 6.07) is 9.29. The van der Waals surface area contributed by atoms with Crippen LogP contribution in [0.1, 0.15) is 31.1 Å². The number of halogens is 2. The molecule has 0 fully saturated rings. The van der Waals surface area contributed by atoms with E-state index in [0.717, 1.165) is 0 Å². The van der Waals surface area contributed by atoms with Crippen molar-refractivity contribution >= 4 is 46.7 Å². The van der Waals surface area contributed by atoms with Crippen LogP contribution in [0.3, 0.4) is 0 Å². The van der Waals surface area contributed by atoms with Gasteiger partial charge in [0.1, 0.15) is 6.54 Å². The molecule has 2 rings (SSSR count). The van der Waals surface area contributed by atoms with Crippen molar-refractivity contribution < 1.29 is 28.6 Å². The van der Waals surface area contributed by atoms with E-state index < -0.39 is 30.4 Å². The maximum Gasteiger partial charge on any atom is 0.326 e. The highest BCUT2D eigenvalue weighted by Gasteiger charge is 2.20. The highest BCUT2D eigenvalue weighted by Crippen LogP contribution is 2.28. The smallest absolute Gasteiger partial charge is 0.326 e. The molecule has 2 N–H and O–H groups in total. The van der Waals surface area contributed by atoms with Gasteiger partial charge in [0.05, 0.1) is 23.9 Å². The zero-order chi connectivity index (χ0) is 23.7. The molecule has 172 valence electrons. The summed E-state index contributed by atoms with van der Waals surface area (Å²) in [7, 11) is 0. The van der Waals surface area contributed by atoms with E-state index >= 15 is 0 Å². The first-order chi connectivity index (χ1) is 15.2. The zero-order valence-corrected chi connectivity index (χ0v) is 19.4. The third kappa shape index (κ3) is 7.32. The van der Waals surface area contributed by atoms with Crippen LogP contribution in [0.15, 0.2) is 36.4 Å².